The van der Waals surface area contributed by atoms with Gasteiger partial charge in [0.05, 0.1) is 30.8 Å². The fourth-order valence-corrected chi connectivity index (χ4v) is 3.90. The number of nitro benzene ring substituents is 1. The Kier molecular flexibility index (Phi) is 6.28. The number of nitrogens with zero attached hydrogens (tertiary/aromatic N) is 2. The number of ether oxygens (including phenoxy) is 2. The predicted molar refractivity (Wildman–Crippen MR) is 101 cm³/mol. The van der Waals surface area contributed by atoms with E-state index in [1.165, 1.54) is 6.07 Å². The summed E-state index contributed by atoms with van der Waals surface area (Å²) in [6.07, 6.45) is 0.936. The van der Waals surface area contributed by atoms with E-state index in [9.17, 15) is 14.9 Å². The molecule has 2 aliphatic rings. The average molecular weight is 377 g/mol. The number of nitro groups is 1. The number of carbonyl (C=O) groups excluding carboxylic acids is 1. The van der Waals surface area contributed by atoms with E-state index < -0.39 is 4.92 Å². The Morgan fingerprint density at radius 3 is 2.67 bits per heavy atom. The van der Waals surface area contributed by atoms with E-state index in [0.717, 1.165) is 19.5 Å². The zero-order valence-corrected chi connectivity index (χ0v) is 15.8. The lowest BCUT2D eigenvalue weighted by Crippen LogP contribution is -2.40. The molecule has 0 aliphatic carbocycles. The first-order valence-corrected chi connectivity index (χ1v) is 9.45. The Labute approximate surface area is 159 Å². The zero-order chi connectivity index (χ0) is 19.4. The molecule has 1 N–H and O–H groups in total. The molecular weight excluding hydrogens is 350 g/mol. The molecule has 8 heteroatoms. The molecule has 0 saturated carbocycles. The van der Waals surface area contributed by atoms with Crippen LogP contribution in [-0.4, -0.2) is 56.4 Å². The van der Waals surface area contributed by atoms with Crippen LogP contribution in [-0.2, 0) is 9.47 Å². The summed E-state index contributed by atoms with van der Waals surface area (Å²) in [5.74, 6) is 0.613. The standard InChI is InChI=1S/C19H27N3O5/c1-13-7-14(2)11-21(10-13)17-4-3-15(8-18(17)22(24)25)19(23)20-9-16-12-26-5-6-27-16/h3-4,8,13-14,16H,5-7,9-12H2,1-2H3,(H,20,23)/t13-,14-,16+/m1/s1. The summed E-state index contributed by atoms with van der Waals surface area (Å²) < 4.78 is 10.8. The van der Waals surface area contributed by atoms with Crippen LogP contribution in [0.15, 0.2) is 18.2 Å². The predicted octanol–water partition coefficient (Wildman–Crippen LogP) is 2.22. The topological polar surface area (TPSA) is 93.9 Å². The molecule has 0 radical (unpaired) electrons. The van der Waals surface area contributed by atoms with Crippen LogP contribution in [0.4, 0.5) is 11.4 Å². The van der Waals surface area contributed by atoms with Crippen molar-refractivity contribution in [3.63, 3.8) is 0 Å². The number of carbonyl (C=O) groups is 1. The second-order valence-corrected chi connectivity index (χ2v) is 7.59. The average Bonchev–Trinajstić information content (AvgIpc) is 2.65. The molecule has 8 nitrogen and oxygen atoms in total. The number of hydrogen-bond donors (Lipinski definition) is 1. The van der Waals surface area contributed by atoms with Gasteiger partial charge >= 0.3 is 0 Å². The molecule has 2 aliphatic heterocycles. The summed E-state index contributed by atoms with van der Waals surface area (Å²) in [6.45, 7) is 7.71. The first kappa shape index (κ1) is 19.6. The smallest absolute Gasteiger partial charge is 0.293 e. The summed E-state index contributed by atoms with van der Waals surface area (Å²) in [5.41, 5.74) is 0.834. The van der Waals surface area contributed by atoms with Crippen LogP contribution in [0, 0.1) is 22.0 Å². The van der Waals surface area contributed by atoms with Gasteiger partial charge in [0.15, 0.2) is 0 Å². The van der Waals surface area contributed by atoms with Gasteiger partial charge in [0, 0.05) is 31.3 Å². The van der Waals surface area contributed by atoms with Crippen LogP contribution in [0.1, 0.15) is 30.6 Å². The van der Waals surface area contributed by atoms with Crippen molar-refractivity contribution < 1.29 is 19.2 Å². The Bertz CT molecular complexity index is 680. The number of benzene rings is 1. The van der Waals surface area contributed by atoms with Gasteiger partial charge in [0.1, 0.15) is 5.69 Å². The van der Waals surface area contributed by atoms with Gasteiger partial charge in [-0.25, -0.2) is 0 Å². The molecule has 1 aromatic carbocycles. The largest absolute Gasteiger partial charge is 0.376 e. The molecule has 0 spiro atoms. The normalized spacial score (nSPS) is 25.9. The highest BCUT2D eigenvalue weighted by Gasteiger charge is 2.28. The Morgan fingerprint density at radius 1 is 1.30 bits per heavy atom. The lowest BCUT2D eigenvalue weighted by Gasteiger charge is -2.36. The number of anilines is 1. The van der Waals surface area contributed by atoms with E-state index in [0.29, 0.717) is 43.9 Å². The molecule has 0 unspecified atom stereocenters. The summed E-state index contributed by atoms with van der Waals surface area (Å²) in [7, 11) is 0. The quantitative estimate of drug-likeness (QED) is 0.625. The van der Waals surface area contributed by atoms with Crippen molar-refractivity contribution in [3.8, 4) is 0 Å². The van der Waals surface area contributed by atoms with E-state index >= 15 is 0 Å². The van der Waals surface area contributed by atoms with Crippen molar-refractivity contribution in [2.45, 2.75) is 26.4 Å². The number of amides is 1. The SMILES string of the molecule is C[C@@H]1C[C@@H](C)CN(c2ccc(C(=O)NC[C@H]3COCCO3)cc2[N+](=O)[O-])C1. The van der Waals surface area contributed by atoms with E-state index in [1.807, 2.05) is 0 Å². The van der Waals surface area contributed by atoms with Crippen LogP contribution >= 0.6 is 0 Å². The van der Waals surface area contributed by atoms with Crippen molar-refractivity contribution in [1.82, 2.24) is 5.32 Å². The summed E-state index contributed by atoms with van der Waals surface area (Å²) >= 11 is 0. The second-order valence-electron chi connectivity index (χ2n) is 7.59. The fraction of sp³-hybridized carbons (Fsp3) is 0.632. The molecule has 3 rings (SSSR count). The first-order chi connectivity index (χ1) is 12.9. The molecule has 3 atom stereocenters. The maximum Gasteiger partial charge on any atom is 0.293 e. The Morgan fingerprint density at radius 2 is 2.04 bits per heavy atom. The third-order valence-corrected chi connectivity index (χ3v) is 5.02. The van der Waals surface area contributed by atoms with Gasteiger partial charge in [0.2, 0.25) is 0 Å². The second kappa shape index (κ2) is 8.67. The highest BCUT2D eigenvalue weighted by Crippen LogP contribution is 2.33. The van der Waals surface area contributed by atoms with Gasteiger partial charge in [-0.2, -0.15) is 0 Å². The molecule has 1 amide bonds. The van der Waals surface area contributed by atoms with Gasteiger partial charge < -0.3 is 19.7 Å². The van der Waals surface area contributed by atoms with Crippen molar-refractivity contribution in [2.75, 3.05) is 44.4 Å². The number of nitrogens with one attached hydrogen (secondary N) is 1. The minimum absolute atomic E-state index is 0.0267. The van der Waals surface area contributed by atoms with Gasteiger partial charge in [-0.3, -0.25) is 14.9 Å². The van der Waals surface area contributed by atoms with Gasteiger partial charge in [-0.1, -0.05) is 13.8 Å². The van der Waals surface area contributed by atoms with Gasteiger partial charge in [-0.05, 0) is 30.4 Å². The molecular formula is C19H27N3O5. The lowest BCUT2D eigenvalue weighted by molar-refractivity contribution is -0.384. The Hall–Kier alpha value is -2.19. The van der Waals surface area contributed by atoms with Crippen LogP contribution in [0.25, 0.3) is 0 Å². The molecule has 148 valence electrons. The number of piperidine rings is 1. The maximum atomic E-state index is 12.4. The molecule has 2 saturated heterocycles. The highest BCUT2D eigenvalue weighted by molar-refractivity contribution is 5.95. The molecule has 2 fully saturated rings. The van der Waals surface area contributed by atoms with E-state index in [-0.39, 0.29) is 23.3 Å². The fourth-order valence-electron chi connectivity index (χ4n) is 3.90. The highest BCUT2D eigenvalue weighted by atomic mass is 16.6. The minimum Gasteiger partial charge on any atom is -0.376 e. The van der Waals surface area contributed by atoms with Crippen molar-refractivity contribution in [3.05, 3.63) is 33.9 Å². The zero-order valence-electron chi connectivity index (χ0n) is 15.8. The van der Waals surface area contributed by atoms with Gasteiger partial charge in [-0.15, -0.1) is 0 Å². The van der Waals surface area contributed by atoms with E-state index in [4.69, 9.17) is 9.47 Å². The third kappa shape index (κ3) is 4.95. The number of rotatable bonds is 5. The maximum absolute atomic E-state index is 12.4. The van der Waals surface area contributed by atoms with E-state index in [1.54, 1.807) is 12.1 Å². The van der Waals surface area contributed by atoms with Crippen LogP contribution < -0.4 is 10.2 Å². The van der Waals surface area contributed by atoms with Crippen LogP contribution in [0.2, 0.25) is 0 Å². The van der Waals surface area contributed by atoms with Crippen molar-refractivity contribution in [2.24, 2.45) is 11.8 Å². The van der Waals surface area contributed by atoms with Gasteiger partial charge in [0.25, 0.3) is 11.6 Å². The van der Waals surface area contributed by atoms with E-state index in [2.05, 4.69) is 24.1 Å². The molecule has 1 aromatic rings. The third-order valence-electron chi connectivity index (χ3n) is 5.02. The van der Waals surface area contributed by atoms with Crippen LogP contribution in [0.5, 0.6) is 0 Å². The van der Waals surface area contributed by atoms with Crippen molar-refractivity contribution in [1.29, 1.82) is 0 Å². The molecule has 0 aromatic heterocycles. The summed E-state index contributed by atoms with van der Waals surface area (Å²) in [6, 6.07) is 4.71. The summed E-state index contributed by atoms with van der Waals surface area (Å²) in [5, 5.41) is 14.4. The number of hydrogen-bond acceptors (Lipinski definition) is 6. The molecule has 0 bridgehead atoms. The minimum atomic E-state index is -0.409. The van der Waals surface area contributed by atoms with Crippen molar-refractivity contribution >= 4 is 17.3 Å². The summed E-state index contributed by atoms with van der Waals surface area (Å²) in [4.78, 5) is 25.7. The molecule has 27 heavy (non-hydrogen) atoms. The lowest BCUT2D eigenvalue weighted by atomic mass is 9.91. The van der Waals surface area contributed by atoms with Crippen LogP contribution in [0.3, 0.4) is 0 Å². The Balaban J connectivity index is 1.72. The molecule has 2 heterocycles. The first-order valence-electron chi connectivity index (χ1n) is 9.45. The monoisotopic (exact) mass is 377 g/mol.